The zero-order valence-corrected chi connectivity index (χ0v) is 10.7. The van der Waals surface area contributed by atoms with Crippen LogP contribution in [-0.2, 0) is 6.42 Å². The van der Waals surface area contributed by atoms with Gasteiger partial charge in [0.25, 0.3) is 5.91 Å². The fourth-order valence-corrected chi connectivity index (χ4v) is 1.94. The minimum Gasteiger partial charge on any atom is -0.372 e. The van der Waals surface area contributed by atoms with Gasteiger partial charge in [-0.25, -0.2) is 4.98 Å². The van der Waals surface area contributed by atoms with Crippen LogP contribution in [0.5, 0.6) is 0 Å². The van der Waals surface area contributed by atoms with E-state index in [-0.39, 0.29) is 5.91 Å². The summed E-state index contributed by atoms with van der Waals surface area (Å²) in [6.07, 6.45) is 0.720. The predicted octanol–water partition coefficient (Wildman–Crippen LogP) is 0.947. The van der Waals surface area contributed by atoms with E-state index in [4.69, 9.17) is 0 Å². The minimum atomic E-state index is -0.222. The monoisotopic (exact) mass is 263 g/mol. The van der Waals surface area contributed by atoms with Crippen LogP contribution in [0.3, 0.4) is 0 Å². The summed E-state index contributed by atoms with van der Waals surface area (Å²) in [5.74, 6) is 0.411. The van der Waals surface area contributed by atoms with Crippen LogP contribution in [0.1, 0.15) is 16.2 Å². The topological polar surface area (TPSA) is 79.8 Å². The molecule has 94 valence electrons. The molecule has 0 saturated heterocycles. The smallest absolute Gasteiger partial charge is 0.271 e. The Bertz CT molecular complexity index is 497. The van der Waals surface area contributed by atoms with E-state index in [0.717, 1.165) is 12.1 Å². The molecule has 18 heavy (non-hydrogen) atoms. The van der Waals surface area contributed by atoms with Crippen molar-refractivity contribution in [1.29, 1.82) is 0 Å². The summed E-state index contributed by atoms with van der Waals surface area (Å²) in [7, 11) is 1.75. The second-order valence-corrected chi connectivity index (χ2v) is 4.26. The summed E-state index contributed by atoms with van der Waals surface area (Å²) in [5.41, 5.74) is 3.07. The number of carbonyl (C=O) groups excluding carboxylic acids is 1. The first kappa shape index (κ1) is 12.4. The minimum absolute atomic E-state index is 0.222. The first-order valence-corrected chi connectivity index (χ1v) is 6.40. The van der Waals surface area contributed by atoms with Crippen LogP contribution in [0.2, 0.25) is 0 Å². The van der Waals surface area contributed by atoms with Crippen LogP contribution >= 0.6 is 11.3 Å². The van der Waals surface area contributed by atoms with Gasteiger partial charge in [0.05, 0.1) is 11.2 Å². The fourth-order valence-electron chi connectivity index (χ4n) is 1.34. The molecular formula is C11H13N5OS. The van der Waals surface area contributed by atoms with Gasteiger partial charge in [-0.3, -0.25) is 4.79 Å². The molecule has 6 nitrogen and oxygen atoms in total. The van der Waals surface area contributed by atoms with E-state index in [1.165, 1.54) is 0 Å². The van der Waals surface area contributed by atoms with Crippen molar-refractivity contribution in [1.82, 2.24) is 20.5 Å². The fraction of sp³-hybridized carbons (Fsp3) is 0.273. The Morgan fingerprint density at radius 3 is 2.89 bits per heavy atom. The van der Waals surface area contributed by atoms with E-state index >= 15 is 0 Å². The van der Waals surface area contributed by atoms with Crippen LogP contribution in [0.15, 0.2) is 23.0 Å². The summed E-state index contributed by atoms with van der Waals surface area (Å²) >= 11 is 1.55. The molecule has 1 amide bonds. The zero-order valence-electron chi connectivity index (χ0n) is 9.88. The lowest BCUT2D eigenvalue weighted by molar-refractivity contribution is 0.0948. The Morgan fingerprint density at radius 1 is 1.39 bits per heavy atom. The lowest BCUT2D eigenvalue weighted by atomic mass is 10.3. The van der Waals surface area contributed by atoms with Gasteiger partial charge in [-0.15, -0.1) is 21.5 Å². The Hall–Kier alpha value is -2.02. The maximum Gasteiger partial charge on any atom is 0.271 e. The van der Waals surface area contributed by atoms with Crippen molar-refractivity contribution in [3.05, 3.63) is 34.4 Å². The van der Waals surface area contributed by atoms with Gasteiger partial charge in [0.1, 0.15) is 5.82 Å². The molecule has 2 rings (SSSR count). The van der Waals surface area contributed by atoms with Crippen molar-refractivity contribution in [2.75, 3.05) is 18.9 Å². The first-order chi connectivity index (χ1) is 8.79. The average Bonchev–Trinajstić information content (AvgIpc) is 2.92. The molecule has 0 fully saturated rings. The standard InChI is InChI=1S/C11H13N5OS/c1-12-10-3-2-9(15-16-10)11(17)13-5-4-8-6-18-7-14-8/h2-3,6-7H,4-5H2,1H3,(H,12,16)(H,13,17). The molecule has 0 aromatic carbocycles. The van der Waals surface area contributed by atoms with Crippen molar-refractivity contribution in [2.45, 2.75) is 6.42 Å². The van der Waals surface area contributed by atoms with E-state index in [0.29, 0.717) is 18.1 Å². The summed E-state index contributed by atoms with van der Waals surface area (Å²) in [6.45, 7) is 0.540. The van der Waals surface area contributed by atoms with Gasteiger partial charge in [0, 0.05) is 25.4 Å². The Kier molecular flexibility index (Phi) is 4.19. The molecule has 0 unspecified atom stereocenters. The average molecular weight is 263 g/mol. The summed E-state index contributed by atoms with van der Waals surface area (Å²) < 4.78 is 0. The highest BCUT2D eigenvalue weighted by Crippen LogP contribution is 2.02. The van der Waals surface area contributed by atoms with Crippen LogP contribution in [0.25, 0.3) is 0 Å². The van der Waals surface area contributed by atoms with Crippen LogP contribution in [0.4, 0.5) is 5.82 Å². The number of aromatic nitrogens is 3. The highest BCUT2D eigenvalue weighted by atomic mass is 32.1. The number of anilines is 1. The van der Waals surface area contributed by atoms with Gasteiger partial charge in [-0.2, -0.15) is 0 Å². The third-order valence-electron chi connectivity index (χ3n) is 2.30. The number of amides is 1. The number of nitrogens with one attached hydrogen (secondary N) is 2. The van der Waals surface area contributed by atoms with Gasteiger partial charge in [0.15, 0.2) is 5.69 Å². The Balaban J connectivity index is 1.83. The van der Waals surface area contributed by atoms with E-state index in [9.17, 15) is 4.79 Å². The third kappa shape index (κ3) is 3.24. The molecule has 0 saturated carbocycles. The number of hydrogen-bond donors (Lipinski definition) is 2. The molecule has 0 atom stereocenters. The van der Waals surface area contributed by atoms with Gasteiger partial charge in [-0.1, -0.05) is 0 Å². The summed E-state index contributed by atoms with van der Waals surface area (Å²) in [4.78, 5) is 15.9. The van der Waals surface area contributed by atoms with Crippen LogP contribution in [0, 0.1) is 0 Å². The SMILES string of the molecule is CNc1ccc(C(=O)NCCc2cscn2)nn1. The lowest BCUT2D eigenvalue weighted by Gasteiger charge is -2.03. The molecule has 2 aromatic heterocycles. The molecule has 2 heterocycles. The van der Waals surface area contributed by atoms with Crippen LogP contribution in [-0.4, -0.2) is 34.7 Å². The number of hydrogen-bond acceptors (Lipinski definition) is 6. The molecule has 0 aliphatic heterocycles. The van der Waals surface area contributed by atoms with E-state index in [1.54, 1.807) is 36.0 Å². The normalized spacial score (nSPS) is 10.1. The summed E-state index contributed by atoms with van der Waals surface area (Å²) in [5, 5.41) is 15.3. The van der Waals surface area contributed by atoms with Crippen molar-refractivity contribution >= 4 is 23.1 Å². The first-order valence-electron chi connectivity index (χ1n) is 5.46. The van der Waals surface area contributed by atoms with Crippen molar-refractivity contribution in [3.8, 4) is 0 Å². The van der Waals surface area contributed by atoms with Crippen molar-refractivity contribution in [3.63, 3.8) is 0 Å². The summed E-state index contributed by atoms with van der Waals surface area (Å²) in [6, 6.07) is 3.35. The van der Waals surface area contributed by atoms with Gasteiger partial charge >= 0.3 is 0 Å². The molecule has 2 N–H and O–H groups in total. The third-order valence-corrected chi connectivity index (χ3v) is 2.94. The molecule has 0 aliphatic rings. The Labute approximate surface area is 108 Å². The highest BCUT2D eigenvalue weighted by molar-refractivity contribution is 7.07. The molecule has 0 spiro atoms. The van der Waals surface area contributed by atoms with E-state index < -0.39 is 0 Å². The molecule has 7 heteroatoms. The van der Waals surface area contributed by atoms with E-state index in [2.05, 4.69) is 25.8 Å². The largest absolute Gasteiger partial charge is 0.372 e. The highest BCUT2D eigenvalue weighted by Gasteiger charge is 2.07. The molecule has 0 aliphatic carbocycles. The second kappa shape index (κ2) is 6.06. The van der Waals surface area contributed by atoms with Gasteiger partial charge in [0.2, 0.25) is 0 Å². The van der Waals surface area contributed by atoms with Crippen molar-refractivity contribution < 1.29 is 4.79 Å². The van der Waals surface area contributed by atoms with E-state index in [1.807, 2.05) is 5.38 Å². The predicted molar refractivity (Wildman–Crippen MR) is 69.7 cm³/mol. The molecule has 2 aromatic rings. The Morgan fingerprint density at radius 2 is 2.28 bits per heavy atom. The molecule has 0 radical (unpaired) electrons. The van der Waals surface area contributed by atoms with Crippen molar-refractivity contribution in [2.24, 2.45) is 0 Å². The second-order valence-electron chi connectivity index (χ2n) is 3.54. The number of carbonyl (C=O) groups is 1. The maximum atomic E-state index is 11.7. The molecule has 0 bridgehead atoms. The maximum absolute atomic E-state index is 11.7. The van der Waals surface area contributed by atoms with Gasteiger partial charge in [-0.05, 0) is 12.1 Å². The molecular weight excluding hydrogens is 250 g/mol. The quantitative estimate of drug-likeness (QED) is 0.839. The number of nitrogens with zero attached hydrogens (tertiary/aromatic N) is 3. The number of rotatable bonds is 5. The number of thiazole rings is 1. The zero-order chi connectivity index (χ0) is 12.8. The van der Waals surface area contributed by atoms with Gasteiger partial charge < -0.3 is 10.6 Å². The lowest BCUT2D eigenvalue weighted by Crippen LogP contribution is -2.26. The van der Waals surface area contributed by atoms with Crippen LogP contribution < -0.4 is 10.6 Å².